The minimum Gasteiger partial charge on any atom is -0.308 e. The Balaban J connectivity index is 3.81. The molecule has 0 bridgehead atoms. The number of nitrogens with zero attached hydrogens (tertiary/aromatic N) is 2. The summed E-state index contributed by atoms with van der Waals surface area (Å²) in [6.07, 6.45) is 1.12. The van der Waals surface area contributed by atoms with Crippen molar-refractivity contribution >= 4 is 0 Å². The van der Waals surface area contributed by atoms with Gasteiger partial charge in [0.2, 0.25) is 0 Å². The Morgan fingerprint density at radius 2 is 2.00 bits per heavy atom. The molecule has 0 aromatic carbocycles. The molecule has 76 valence electrons. The van der Waals surface area contributed by atoms with Gasteiger partial charge in [0.15, 0.2) is 0 Å². The van der Waals surface area contributed by atoms with E-state index in [1.807, 2.05) is 0 Å². The van der Waals surface area contributed by atoms with E-state index in [4.69, 9.17) is 5.26 Å². The summed E-state index contributed by atoms with van der Waals surface area (Å²) in [5, 5.41) is 11.7. The molecule has 1 unspecified atom stereocenters. The van der Waals surface area contributed by atoms with Crippen molar-refractivity contribution in [1.82, 2.24) is 10.2 Å². The molecule has 0 spiro atoms. The van der Waals surface area contributed by atoms with Gasteiger partial charge in [-0.2, -0.15) is 5.26 Å². The molecule has 1 atom stereocenters. The summed E-state index contributed by atoms with van der Waals surface area (Å²) in [7, 11) is 4.11. The molecule has 0 saturated carbocycles. The molecule has 0 saturated heterocycles. The average Bonchev–Trinajstić information content (AvgIpc) is 1.98. The second-order valence-electron chi connectivity index (χ2n) is 4.13. The summed E-state index contributed by atoms with van der Waals surface area (Å²) in [6, 6.07) is 2.55. The number of rotatable bonds is 6. The molecule has 0 radical (unpaired) electrons. The van der Waals surface area contributed by atoms with E-state index in [-0.39, 0.29) is 0 Å². The van der Waals surface area contributed by atoms with Crippen LogP contribution in [0.2, 0.25) is 0 Å². The third-order valence-electron chi connectivity index (χ3n) is 1.81. The Morgan fingerprint density at radius 1 is 1.38 bits per heavy atom. The summed E-state index contributed by atoms with van der Waals surface area (Å²) >= 11 is 0. The van der Waals surface area contributed by atoms with Crippen molar-refractivity contribution in [3.8, 4) is 6.07 Å². The monoisotopic (exact) mass is 183 g/mol. The van der Waals surface area contributed by atoms with E-state index < -0.39 is 0 Å². The lowest BCUT2D eigenvalue weighted by atomic mass is 10.0. The van der Waals surface area contributed by atoms with E-state index in [0.29, 0.717) is 18.5 Å². The molecular formula is C10H21N3. The highest BCUT2D eigenvalue weighted by Gasteiger charge is 2.10. The fourth-order valence-corrected chi connectivity index (χ4v) is 1.42. The maximum Gasteiger partial charge on any atom is 0.0843 e. The molecular weight excluding hydrogens is 162 g/mol. The Morgan fingerprint density at radius 3 is 2.38 bits per heavy atom. The zero-order valence-electron chi connectivity index (χ0n) is 9.17. The largest absolute Gasteiger partial charge is 0.308 e. The van der Waals surface area contributed by atoms with Crippen molar-refractivity contribution in [2.24, 2.45) is 5.92 Å². The zero-order valence-corrected chi connectivity index (χ0v) is 9.17. The molecule has 0 rings (SSSR count). The lowest BCUT2D eigenvalue weighted by Gasteiger charge is -2.22. The topological polar surface area (TPSA) is 39.1 Å². The van der Waals surface area contributed by atoms with Crippen LogP contribution in [0.25, 0.3) is 0 Å². The van der Waals surface area contributed by atoms with Gasteiger partial charge in [-0.1, -0.05) is 13.8 Å². The van der Waals surface area contributed by atoms with E-state index in [2.05, 4.69) is 44.2 Å². The first-order valence-corrected chi connectivity index (χ1v) is 4.81. The van der Waals surface area contributed by atoms with Gasteiger partial charge in [-0.05, 0) is 26.4 Å². The van der Waals surface area contributed by atoms with Gasteiger partial charge in [0.05, 0.1) is 12.6 Å². The van der Waals surface area contributed by atoms with Crippen LogP contribution in [0.5, 0.6) is 0 Å². The van der Waals surface area contributed by atoms with Gasteiger partial charge >= 0.3 is 0 Å². The maximum atomic E-state index is 8.46. The highest BCUT2D eigenvalue weighted by molar-refractivity contribution is 4.79. The van der Waals surface area contributed by atoms with Crippen LogP contribution in [-0.2, 0) is 0 Å². The molecule has 0 aliphatic rings. The summed E-state index contributed by atoms with van der Waals surface area (Å²) < 4.78 is 0. The zero-order chi connectivity index (χ0) is 10.3. The summed E-state index contributed by atoms with van der Waals surface area (Å²) in [5.74, 6) is 0.677. The van der Waals surface area contributed by atoms with Crippen LogP contribution in [-0.4, -0.2) is 38.1 Å². The van der Waals surface area contributed by atoms with Gasteiger partial charge in [-0.3, -0.25) is 0 Å². The number of nitrogens with one attached hydrogen (secondary N) is 1. The first-order valence-electron chi connectivity index (χ1n) is 4.81. The smallest absolute Gasteiger partial charge is 0.0843 e. The first kappa shape index (κ1) is 12.4. The average molecular weight is 183 g/mol. The van der Waals surface area contributed by atoms with Gasteiger partial charge in [0, 0.05) is 12.6 Å². The quantitative estimate of drug-likeness (QED) is 0.626. The summed E-state index contributed by atoms with van der Waals surface area (Å²) in [6.45, 7) is 5.86. The lowest BCUT2D eigenvalue weighted by Crippen LogP contribution is -2.39. The first-order chi connectivity index (χ1) is 6.06. The fourth-order valence-electron chi connectivity index (χ4n) is 1.42. The molecule has 3 heteroatoms. The van der Waals surface area contributed by atoms with Crippen LogP contribution in [0.15, 0.2) is 0 Å². The standard InChI is InChI=1S/C10H21N3/c1-9(2)7-10(8-13(3)4)12-6-5-11/h9-10,12H,6-8H2,1-4H3. The number of hydrogen-bond acceptors (Lipinski definition) is 3. The SMILES string of the molecule is CC(C)CC(CN(C)C)NCC#N. The fraction of sp³-hybridized carbons (Fsp3) is 0.900. The van der Waals surface area contributed by atoms with Crippen molar-refractivity contribution in [3.05, 3.63) is 0 Å². The third-order valence-corrected chi connectivity index (χ3v) is 1.81. The highest BCUT2D eigenvalue weighted by Crippen LogP contribution is 2.04. The van der Waals surface area contributed by atoms with Gasteiger partial charge in [-0.15, -0.1) is 0 Å². The Labute approximate surface area is 81.7 Å². The molecule has 0 aliphatic carbocycles. The van der Waals surface area contributed by atoms with Crippen LogP contribution in [0.3, 0.4) is 0 Å². The van der Waals surface area contributed by atoms with Gasteiger partial charge < -0.3 is 10.2 Å². The summed E-state index contributed by atoms with van der Waals surface area (Å²) in [5.41, 5.74) is 0. The second-order valence-corrected chi connectivity index (χ2v) is 4.13. The van der Waals surface area contributed by atoms with Crippen LogP contribution >= 0.6 is 0 Å². The van der Waals surface area contributed by atoms with E-state index in [1.54, 1.807) is 0 Å². The number of hydrogen-bond donors (Lipinski definition) is 1. The molecule has 3 nitrogen and oxygen atoms in total. The Bertz CT molecular complexity index is 148. The highest BCUT2D eigenvalue weighted by atomic mass is 15.1. The molecule has 0 heterocycles. The van der Waals surface area contributed by atoms with E-state index in [9.17, 15) is 0 Å². The van der Waals surface area contributed by atoms with Gasteiger partial charge in [0.25, 0.3) is 0 Å². The van der Waals surface area contributed by atoms with E-state index in [0.717, 1.165) is 13.0 Å². The van der Waals surface area contributed by atoms with Crippen molar-refractivity contribution in [2.45, 2.75) is 26.3 Å². The van der Waals surface area contributed by atoms with Gasteiger partial charge in [-0.25, -0.2) is 0 Å². The van der Waals surface area contributed by atoms with Crippen molar-refractivity contribution in [2.75, 3.05) is 27.2 Å². The predicted molar refractivity (Wildman–Crippen MR) is 55.4 cm³/mol. The molecule has 0 aromatic rings. The van der Waals surface area contributed by atoms with Crippen LogP contribution < -0.4 is 5.32 Å². The third kappa shape index (κ3) is 7.76. The van der Waals surface area contributed by atoms with Crippen molar-refractivity contribution in [3.63, 3.8) is 0 Å². The van der Waals surface area contributed by atoms with Crippen LogP contribution in [0.4, 0.5) is 0 Å². The number of likely N-dealkylation sites (N-methyl/N-ethyl adjacent to an activating group) is 1. The van der Waals surface area contributed by atoms with Crippen LogP contribution in [0.1, 0.15) is 20.3 Å². The number of nitriles is 1. The Kier molecular flexibility index (Phi) is 6.56. The molecule has 0 fully saturated rings. The lowest BCUT2D eigenvalue weighted by molar-refractivity contribution is 0.312. The molecule has 13 heavy (non-hydrogen) atoms. The molecule has 0 aromatic heterocycles. The second kappa shape index (κ2) is 6.88. The van der Waals surface area contributed by atoms with Crippen molar-refractivity contribution in [1.29, 1.82) is 5.26 Å². The van der Waals surface area contributed by atoms with Crippen LogP contribution in [0, 0.1) is 17.2 Å². The van der Waals surface area contributed by atoms with Crippen molar-refractivity contribution < 1.29 is 0 Å². The normalized spacial score (nSPS) is 13.3. The summed E-state index contributed by atoms with van der Waals surface area (Å²) in [4.78, 5) is 2.15. The minimum atomic E-state index is 0.439. The predicted octanol–water partition coefficient (Wildman–Crippen LogP) is 1.08. The molecule has 0 amide bonds. The van der Waals surface area contributed by atoms with E-state index in [1.165, 1.54) is 0 Å². The van der Waals surface area contributed by atoms with Gasteiger partial charge in [0.1, 0.15) is 0 Å². The molecule has 1 N–H and O–H groups in total. The minimum absolute atomic E-state index is 0.439. The Hall–Kier alpha value is -0.590. The van der Waals surface area contributed by atoms with E-state index >= 15 is 0 Å². The molecule has 0 aliphatic heterocycles. The maximum absolute atomic E-state index is 8.46.